The van der Waals surface area contributed by atoms with Crippen molar-refractivity contribution in [3.05, 3.63) is 53.6 Å². The van der Waals surface area contributed by atoms with Crippen LogP contribution in [0.3, 0.4) is 0 Å². The van der Waals surface area contributed by atoms with Crippen LogP contribution in [0.5, 0.6) is 11.5 Å². The standard InChI is InChI=1S/C23H28N2O4/c1-5-29-21-11-6-15(2)12-20(21)16(3)24-23(27)17-13-22(26)25(14-17)18-7-9-19(28-4)10-8-18/h6-12,16-17H,5,13-14H2,1-4H3,(H,24,27). The van der Waals surface area contributed by atoms with Crippen molar-refractivity contribution in [3.63, 3.8) is 0 Å². The van der Waals surface area contributed by atoms with Crippen molar-refractivity contribution in [1.29, 1.82) is 0 Å². The van der Waals surface area contributed by atoms with Crippen molar-refractivity contribution in [3.8, 4) is 11.5 Å². The van der Waals surface area contributed by atoms with Crippen molar-refractivity contribution in [2.45, 2.75) is 33.2 Å². The highest BCUT2D eigenvalue weighted by atomic mass is 16.5. The lowest BCUT2D eigenvalue weighted by molar-refractivity contribution is -0.126. The van der Waals surface area contributed by atoms with E-state index in [1.54, 1.807) is 12.0 Å². The zero-order valence-corrected chi connectivity index (χ0v) is 17.4. The molecule has 1 N–H and O–H groups in total. The summed E-state index contributed by atoms with van der Waals surface area (Å²) in [5, 5.41) is 3.06. The maximum absolute atomic E-state index is 12.9. The fourth-order valence-corrected chi connectivity index (χ4v) is 3.60. The molecule has 1 aliphatic rings. The zero-order valence-electron chi connectivity index (χ0n) is 17.4. The number of carbonyl (C=O) groups is 2. The van der Waals surface area contributed by atoms with Crippen molar-refractivity contribution >= 4 is 17.5 Å². The summed E-state index contributed by atoms with van der Waals surface area (Å²) in [7, 11) is 1.60. The fourth-order valence-electron chi connectivity index (χ4n) is 3.60. The van der Waals surface area contributed by atoms with Crippen LogP contribution >= 0.6 is 0 Å². The summed E-state index contributed by atoms with van der Waals surface area (Å²) in [6.45, 7) is 6.81. The number of nitrogens with zero attached hydrogens (tertiary/aromatic N) is 1. The second kappa shape index (κ2) is 8.99. The summed E-state index contributed by atoms with van der Waals surface area (Å²) in [6, 6.07) is 13.0. The van der Waals surface area contributed by atoms with E-state index >= 15 is 0 Å². The monoisotopic (exact) mass is 396 g/mol. The van der Waals surface area contributed by atoms with Gasteiger partial charge in [0.25, 0.3) is 0 Å². The van der Waals surface area contributed by atoms with Gasteiger partial charge in [-0.15, -0.1) is 0 Å². The van der Waals surface area contributed by atoms with Gasteiger partial charge >= 0.3 is 0 Å². The third-order valence-electron chi connectivity index (χ3n) is 5.17. The highest BCUT2D eigenvalue weighted by molar-refractivity contribution is 6.00. The van der Waals surface area contributed by atoms with Gasteiger partial charge in [-0.3, -0.25) is 9.59 Å². The van der Waals surface area contributed by atoms with Gasteiger partial charge in [-0.2, -0.15) is 0 Å². The topological polar surface area (TPSA) is 67.9 Å². The van der Waals surface area contributed by atoms with E-state index < -0.39 is 0 Å². The van der Waals surface area contributed by atoms with Crippen LogP contribution in [-0.4, -0.2) is 32.1 Å². The number of amides is 2. The van der Waals surface area contributed by atoms with Crippen LogP contribution in [0.1, 0.15) is 37.4 Å². The number of carbonyl (C=O) groups excluding carboxylic acids is 2. The molecule has 2 atom stereocenters. The molecule has 0 bridgehead atoms. The Bertz CT molecular complexity index is 879. The Morgan fingerprint density at radius 1 is 1.24 bits per heavy atom. The quantitative estimate of drug-likeness (QED) is 0.776. The van der Waals surface area contributed by atoms with Gasteiger partial charge in [0.2, 0.25) is 11.8 Å². The Labute approximate surface area is 171 Å². The minimum Gasteiger partial charge on any atom is -0.497 e. The van der Waals surface area contributed by atoms with Crippen LogP contribution in [0.15, 0.2) is 42.5 Å². The molecule has 2 unspecified atom stereocenters. The fraction of sp³-hybridized carbons (Fsp3) is 0.391. The van der Waals surface area contributed by atoms with Gasteiger partial charge in [0.1, 0.15) is 11.5 Å². The third kappa shape index (κ3) is 4.70. The lowest BCUT2D eigenvalue weighted by atomic mass is 10.0. The lowest BCUT2D eigenvalue weighted by Gasteiger charge is -2.21. The molecule has 1 saturated heterocycles. The van der Waals surface area contributed by atoms with Gasteiger partial charge in [-0.05, 0) is 51.1 Å². The summed E-state index contributed by atoms with van der Waals surface area (Å²) in [5.74, 6) is 0.951. The maximum atomic E-state index is 12.9. The van der Waals surface area contributed by atoms with Gasteiger partial charge < -0.3 is 19.7 Å². The number of rotatable bonds is 7. The minimum atomic E-state index is -0.382. The summed E-state index contributed by atoms with van der Waals surface area (Å²) in [5.41, 5.74) is 2.82. The van der Waals surface area contributed by atoms with Crippen molar-refractivity contribution < 1.29 is 19.1 Å². The number of aryl methyl sites for hydroxylation is 1. The van der Waals surface area contributed by atoms with E-state index in [4.69, 9.17) is 9.47 Å². The molecule has 1 fully saturated rings. The molecule has 0 aliphatic carbocycles. The van der Waals surface area contributed by atoms with Gasteiger partial charge in [-0.1, -0.05) is 17.7 Å². The first-order valence-corrected chi connectivity index (χ1v) is 9.91. The van der Waals surface area contributed by atoms with Gasteiger partial charge in [0, 0.05) is 24.2 Å². The molecule has 2 aromatic carbocycles. The molecule has 6 nitrogen and oxygen atoms in total. The predicted molar refractivity (Wildman–Crippen MR) is 112 cm³/mol. The van der Waals surface area contributed by atoms with E-state index in [1.807, 2.05) is 63.2 Å². The molecule has 1 aliphatic heterocycles. The van der Waals surface area contributed by atoms with Gasteiger partial charge in [0.05, 0.1) is 25.7 Å². The molecule has 0 aromatic heterocycles. The molecule has 0 radical (unpaired) electrons. The first-order chi connectivity index (χ1) is 13.9. The number of ether oxygens (including phenoxy) is 2. The summed E-state index contributed by atoms with van der Waals surface area (Å²) < 4.78 is 10.9. The van der Waals surface area contributed by atoms with Crippen molar-refractivity contribution in [2.24, 2.45) is 5.92 Å². The summed E-state index contributed by atoms with van der Waals surface area (Å²) >= 11 is 0. The molecule has 29 heavy (non-hydrogen) atoms. The van der Waals surface area contributed by atoms with Crippen LogP contribution in [0.2, 0.25) is 0 Å². The zero-order chi connectivity index (χ0) is 21.0. The highest BCUT2D eigenvalue weighted by Crippen LogP contribution is 2.29. The van der Waals surface area contributed by atoms with Crippen molar-refractivity contribution in [1.82, 2.24) is 5.32 Å². The maximum Gasteiger partial charge on any atom is 0.227 e. The van der Waals surface area contributed by atoms with Crippen LogP contribution in [0.4, 0.5) is 5.69 Å². The molecule has 154 valence electrons. The predicted octanol–water partition coefficient (Wildman–Crippen LogP) is 3.63. The smallest absolute Gasteiger partial charge is 0.227 e. The number of hydrogen-bond acceptors (Lipinski definition) is 4. The Morgan fingerprint density at radius 3 is 2.62 bits per heavy atom. The van der Waals surface area contributed by atoms with E-state index in [0.717, 1.165) is 28.3 Å². The molecule has 2 aromatic rings. The molecule has 1 heterocycles. The Hall–Kier alpha value is -3.02. The molecular weight excluding hydrogens is 368 g/mol. The highest BCUT2D eigenvalue weighted by Gasteiger charge is 2.35. The van der Waals surface area contributed by atoms with E-state index in [2.05, 4.69) is 5.32 Å². The Morgan fingerprint density at radius 2 is 1.97 bits per heavy atom. The molecule has 0 saturated carbocycles. The largest absolute Gasteiger partial charge is 0.497 e. The minimum absolute atomic E-state index is 0.0477. The molecule has 6 heteroatoms. The van der Waals surface area contributed by atoms with E-state index in [1.165, 1.54) is 0 Å². The Balaban J connectivity index is 1.68. The first-order valence-electron chi connectivity index (χ1n) is 9.91. The number of anilines is 1. The van der Waals surface area contributed by atoms with Gasteiger partial charge in [-0.25, -0.2) is 0 Å². The number of hydrogen-bond donors (Lipinski definition) is 1. The first kappa shape index (κ1) is 20.7. The number of nitrogens with one attached hydrogen (secondary N) is 1. The molecular formula is C23H28N2O4. The average Bonchev–Trinajstić information content (AvgIpc) is 3.11. The summed E-state index contributed by atoms with van der Waals surface area (Å²) in [6.07, 6.45) is 0.205. The number of benzene rings is 2. The van der Waals surface area contributed by atoms with Crippen LogP contribution in [0.25, 0.3) is 0 Å². The number of methoxy groups -OCH3 is 1. The van der Waals surface area contributed by atoms with Crippen molar-refractivity contribution in [2.75, 3.05) is 25.2 Å². The normalized spacial score (nSPS) is 17.2. The molecule has 3 rings (SSSR count). The van der Waals surface area contributed by atoms with Crippen LogP contribution in [-0.2, 0) is 9.59 Å². The van der Waals surface area contributed by atoms with Crippen LogP contribution in [0, 0.1) is 12.8 Å². The average molecular weight is 396 g/mol. The van der Waals surface area contributed by atoms with E-state index in [0.29, 0.717) is 13.2 Å². The Kier molecular flexibility index (Phi) is 6.42. The SMILES string of the molecule is CCOc1ccc(C)cc1C(C)NC(=O)C1CC(=O)N(c2ccc(OC)cc2)C1. The third-order valence-corrected chi connectivity index (χ3v) is 5.17. The van der Waals surface area contributed by atoms with E-state index in [-0.39, 0.29) is 30.2 Å². The molecule has 0 spiro atoms. The second-order valence-electron chi connectivity index (χ2n) is 7.31. The van der Waals surface area contributed by atoms with Crippen LogP contribution < -0.4 is 19.7 Å². The second-order valence-corrected chi connectivity index (χ2v) is 7.31. The van der Waals surface area contributed by atoms with E-state index in [9.17, 15) is 9.59 Å². The van der Waals surface area contributed by atoms with Gasteiger partial charge in [0.15, 0.2) is 0 Å². The lowest BCUT2D eigenvalue weighted by Crippen LogP contribution is -2.34. The molecule has 2 amide bonds. The summed E-state index contributed by atoms with van der Waals surface area (Å²) in [4.78, 5) is 27.0.